The van der Waals surface area contributed by atoms with Gasteiger partial charge in [0.2, 0.25) is 0 Å². The minimum atomic E-state index is -0.114. The molecule has 0 unspecified atom stereocenters. The maximum absolute atomic E-state index is 11.9. The molecule has 1 amide bonds. The summed E-state index contributed by atoms with van der Waals surface area (Å²) < 4.78 is 10.5. The van der Waals surface area contributed by atoms with Crippen LogP contribution in [0.25, 0.3) is 0 Å². The van der Waals surface area contributed by atoms with Crippen LogP contribution in [0.4, 0.5) is 0 Å². The Morgan fingerprint density at radius 2 is 2.00 bits per heavy atom. The van der Waals surface area contributed by atoms with Crippen molar-refractivity contribution in [2.24, 2.45) is 0 Å². The SMILES string of the molecule is COc1ccc(OCC(=O)N(C)Cc2ncc[nH]2)cc1. The molecule has 2 rings (SSSR count). The van der Waals surface area contributed by atoms with E-state index in [2.05, 4.69) is 9.97 Å². The second-order valence-corrected chi connectivity index (χ2v) is 4.25. The van der Waals surface area contributed by atoms with Crippen molar-refractivity contribution in [3.63, 3.8) is 0 Å². The van der Waals surface area contributed by atoms with Crippen LogP contribution in [0.2, 0.25) is 0 Å². The van der Waals surface area contributed by atoms with Gasteiger partial charge < -0.3 is 19.4 Å². The highest BCUT2D eigenvalue weighted by atomic mass is 16.5. The molecule has 0 bridgehead atoms. The number of ether oxygens (including phenoxy) is 2. The van der Waals surface area contributed by atoms with Gasteiger partial charge in [-0.15, -0.1) is 0 Å². The second-order valence-electron chi connectivity index (χ2n) is 4.25. The molecule has 1 aromatic heterocycles. The standard InChI is InChI=1S/C14H17N3O3/c1-17(9-13-15-7-8-16-13)14(18)10-20-12-5-3-11(19-2)4-6-12/h3-8H,9-10H2,1-2H3,(H,15,16). The summed E-state index contributed by atoms with van der Waals surface area (Å²) in [6.07, 6.45) is 3.38. The zero-order valence-electron chi connectivity index (χ0n) is 11.5. The molecule has 20 heavy (non-hydrogen) atoms. The average Bonchev–Trinajstić information content (AvgIpc) is 2.98. The van der Waals surface area contributed by atoms with E-state index in [0.29, 0.717) is 12.3 Å². The van der Waals surface area contributed by atoms with E-state index in [4.69, 9.17) is 9.47 Å². The first kappa shape index (κ1) is 13.9. The number of hydrogen-bond acceptors (Lipinski definition) is 4. The Balaban J connectivity index is 1.81. The van der Waals surface area contributed by atoms with Crippen LogP contribution >= 0.6 is 0 Å². The second kappa shape index (κ2) is 6.60. The lowest BCUT2D eigenvalue weighted by molar-refractivity contribution is -0.132. The number of nitrogens with one attached hydrogen (secondary N) is 1. The molecule has 0 aliphatic rings. The molecule has 6 heteroatoms. The minimum Gasteiger partial charge on any atom is -0.497 e. The monoisotopic (exact) mass is 275 g/mol. The molecule has 0 atom stereocenters. The van der Waals surface area contributed by atoms with Crippen molar-refractivity contribution in [2.75, 3.05) is 20.8 Å². The molecule has 0 radical (unpaired) electrons. The van der Waals surface area contributed by atoms with Gasteiger partial charge in [0.15, 0.2) is 6.61 Å². The zero-order chi connectivity index (χ0) is 14.4. The van der Waals surface area contributed by atoms with Crippen LogP contribution in [0.1, 0.15) is 5.82 Å². The zero-order valence-corrected chi connectivity index (χ0v) is 11.5. The van der Waals surface area contributed by atoms with Crippen LogP contribution in [0, 0.1) is 0 Å². The maximum atomic E-state index is 11.9. The fraction of sp³-hybridized carbons (Fsp3) is 0.286. The normalized spacial score (nSPS) is 10.1. The number of carbonyl (C=O) groups is 1. The number of H-pyrrole nitrogens is 1. The first-order valence-corrected chi connectivity index (χ1v) is 6.18. The van der Waals surface area contributed by atoms with Gasteiger partial charge in [-0.1, -0.05) is 0 Å². The molecule has 1 heterocycles. The molecule has 1 aromatic carbocycles. The summed E-state index contributed by atoms with van der Waals surface area (Å²) in [7, 11) is 3.31. The molecular weight excluding hydrogens is 258 g/mol. The maximum Gasteiger partial charge on any atom is 0.260 e. The predicted molar refractivity (Wildman–Crippen MR) is 73.6 cm³/mol. The minimum absolute atomic E-state index is 0.0104. The van der Waals surface area contributed by atoms with E-state index in [1.165, 1.54) is 0 Å². The number of benzene rings is 1. The van der Waals surface area contributed by atoms with Gasteiger partial charge >= 0.3 is 0 Å². The molecule has 0 spiro atoms. The predicted octanol–water partition coefficient (Wildman–Crippen LogP) is 1.46. The Morgan fingerprint density at radius 3 is 2.60 bits per heavy atom. The molecule has 0 saturated carbocycles. The molecule has 0 aliphatic carbocycles. The topological polar surface area (TPSA) is 67.5 Å². The Kier molecular flexibility index (Phi) is 4.60. The highest BCUT2D eigenvalue weighted by Crippen LogP contribution is 2.16. The van der Waals surface area contributed by atoms with Gasteiger partial charge in [-0.25, -0.2) is 4.98 Å². The van der Waals surface area contributed by atoms with E-state index in [-0.39, 0.29) is 12.5 Å². The quantitative estimate of drug-likeness (QED) is 0.866. The fourth-order valence-corrected chi connectivity index (χ4v) is 1.62. The van der Waals surface area contributed by atoms with E-state index in [1.807, 2.05) is 0 Å². The summed E-state index contributed by atoms with van der Waals surface area (Å²) in [5.74, 6) is 2.01. The third-order valence-electron chi connectivity index (χ3n) is 2.79. The number of aromatic amines is 1. The number of imidazole rings is 1. The Hall–Kier alpha value is -2.50. The summed E-state index contributed by atoms with van der Waals surface area (Å²) in [5, 5.41) is 0. The lowest BCUT2D eigenvalue weighted by atomic mass is 10.3. The highest BCUT2D eigenvalue weighted by Gasteiger charge is 2.11. The van der Waals surface area contributed by atoms with E-state index in [9.17, 15) is 4.79 Å². The number of nitrogens with zero attached hydrogens (tertiary/aromatic N) is 2. The third kappa shape index (κ3) is 3.74. The lowest BCUT2D eigenvalue weighted by Crippen LogP contribution is -2.31. The van der Waals surface area contributed by atoms with Gasteiger partial charge in [0.05, 0.1) is 13.7 Å². The first-order chi connectivity index (χ1) is 9.69. The van der Waals surface area contributed by atoms with Crippen LogP contribution in [-0.2, 0) is 11.3 Å². The van der Waals surface area contributed by atoms with E-state index in [1.54, 1.807) is 55.7 Å². The smallest absolute Gasteiger partial charge is 0.260 e. The summed E-state index contributed by atoms with van der Waals surface area (Å²) >= 11 is 0. The molecule has 6 nitrogen and oxygen atoms in total. The van der Waals surface area contributed by atoms with Gasteiger partial charge in [0.1, 0.15) is 17.3 Å². The Bertz CT molecular complexity index is 537. The van der Waals surface area contributed by atoms with Crippen molar-refractivity contribution in [3.05, 3.63) is 42.5 Å². The van der Waals surface area contributed by atoms with Crippen LogP contribution < -0.4 is 9.47 Å². The van der Waals surface area contributed by atoms with Crippen molar-refractivity contribution in [2.45, 2.75) is 6.54 Å². The number of rotatable bonds is 6. The van der Waals surface area contributed by atoms with Crippen molar-refractivity contribution >= 4 is 5.91 Å². The van der Waals surface area contributed by atoms with Crippen LogP contribution in [0.3, 0.4) is 0 Å². The molecule has 2 aromatic rings. The summed E-state index contributed by atoms with van der Waals surface area (Å²) in [6.45, 7) is 0.418. The number of carbonyl (C=O) groups excluding carboxylic acids is 1. The van der Waals surface area contributed by atoms with Crippen molar-refractivity contribution in [1.29, 1.82) is 0 Å². The van der Waals surface area contributed by atoms with Gasteiger partial charge in [-0.3, -0.25) is 4.79 Å². The molecule has 106 valence electrons. The van der Waals surface area contributed by atoms with Gasteiger partial charge in [0.25, 0.3) is 5.91 Å². The van der Waals surface area contributed by atoms with E-state index >= 15 is 0 Å². The largest absolute Gasteiger partial charge is 0.497 e. The lowest BCUT2D eigenvalue weighted by Gasteiger charge is -2.16. The fourth-order valence-electron chi connectivity index (χ4n) is 1.62. The summed E-state index contributed by atoms with van der Waals surface area (Å²) in [5.41, 5.74) is 0. The van der Waals surface area contributed by atoms with Crippen LogP contribution in [-0.4, -0.2) is 41.5 Å². The number of hydrogen-bond donors (Lipinski definition) is 1. The van der Waals surface area contributed by atoms with Gasteiger partial charge in [0, 0.05) is 19.4 Å². The number of amides is 1. The third-order valence-corrected chi connectivity index (χ3v) is 2.79. The average molecular weight is 275 g/mol. The highest BCUT2D eigenvalue weighted by molar-refractivity contribution is 5.77. The number of likely N-dealkylation sites (N-methyl/N-ethyl adjacent to an activating group) is 1. The summed E-state index contributed by atoms with van der Waals surface area (Å²) in [4.78, 5) is 20.5. The molecule has 0 saturated heterocycles. The van der Waals surface area contributed by atoms with E-state index in [0.717, 1.165) is 11.6 Å². The summed E-state index contributed by atoms with van der Waals surface area (Å²) in [6, 6.07) is 7.09. The van der Waals surface area contributed by atoms with Crippen LogP contribution in [0.5, 0.6) is 11.5 Å². The van der Waals surface area contributed by atoms with Crippen LogP contribution in [0.15, 0.2) is 36.7 Å². The molecular formula is C14H17N3O3. The molecule has 0 aliphatic heterocycles. The van der Waals surface area contributed by atoms with Gasteiger partial charge in [-0.05, 0) is 24.3 Å². The van der Waals surface area contributed by atoms with E-state index < -0.39 is 0 Å². The first-order valence-electron chi connectivity index (χ1n) is 6.18. The molecule has 0 fully saturated rings. The van der Waals surface area contributed by atoms with Crippen molar-refractivity contribution in [3.8, 4) is 11.5 Å². The molecule has 1 N–H and O–H groups in total. The Morgan fingerprint density at radius 1 is 1.30 bits per heavy atom. The van der Waals surface area contributed by atoms with Gasteiger partial charge in [-0.2, -0.15) is 0 Å². The van der Waals surface area contributed by atoms with Crippen molar-refractivity contribution < 1.29 is 14.3 Å². The number of aromatic nitrogens is 2. The number of methoxy groups -OCH3 is 1. The van der Waals surface area contributed by atoms with Crippen molar-refractivity contribution in [1.82, 2.24) is 14.9 Å². The Labute approximate surface area is 117 Å².